The number of H-pyrrole nitrogens is 1. The first-order valence-corrected chi connectivity index (χ1v) is 12.4. The number of hydrogen-bond donors (Lipinski definition) is 5. The first kappa shape index (κ1) is 26.8. The molecule has 1 heterocycles. The summed E-state index contributed by atoms with van der Waals surface area (Å²) in [4.78, 5) is 32.1. The number of nitrogens with zero attached hydrogens (tertiary/aromatic N) is 1. The summed E-state index contributed by atoms with van der Waals surface area (Å²) in [6.45, 7) is 0.201. The van der Waals surface area contributed by atoms with Crippen LogP contribution in [-0.4, -0.2) is 29.2 Å². The molecule has 11 heteroatoms. The number of carbonyl (C=O) groups excluding carboxylic acids is 2. The van der Waals surface area contributed by atoms with Gasteiger partial charge in [0.05, 0.1) is 13.2 Å². The first-order valence-electron chi connectivity index (χ1n) is 11.7. The summed E-state index contributed by atoms with van der Waals surface area (Å²) in [6, 6.07) is 20.9. The van der Waals surface area contributed by atoms with Crippen molar-refractivity contribution in [2.24, 2.45) is 0 Å². The van der Waals surface area contributed by atoms with Crippen LogP contribution in [0.5, 0.6) is 0 Å². The number of benzene rings is 3. The number of nitrogens with one attached hydrogen (secondary N) is 4. The van der Waals surface area contributed by atoms with Crippen LogP contribution in [0.3, 0.4) is 0 Å². The summed E-state index contributed by atoms with van der Waals surface area (Å²) in [5, 5.41) is 9.25. The van der Waals surface area contributed by atoms with Gasteiger partial charge in [-0.2, -0.15) is 0 Å². The highest BCUT2D eigenvalue weighted by molar-refractivity contribution is 6.32. The van der Waals surface area contributed by atoms with Gasteiger partial charge in [-0.3, -0.25) is 5.32 Å². The standard InChI is InChI=1S/C27H26Cl2N6O3/c1-38-27(37)32-20-10-7-17(8-11-20)23-24(29)35-25(34-23)22(13-16-5-3-2-4-6-16)33-26(36)31-15-18-14-19(28)9-12-21(18)30/h2-12,14,22H,13,15,30H2,1H3,(H,32,37)(H,34,35)(H2,31,33,36)/t22-/m0/s1. The van der Waals surface area contributed by atoms with E-state index in [-0.39, 0.29) is 6.54 Å². The second-order valence-electron chi connectivity index (χ2n) is 8.39. The third kappa shape index (κ3) is 6.96. The molecule has 0 unspecified atom stereocenters. The van der Waals surface area contributed by atoms with E-state index in [1.807, 2.05) is 30.3 Å². The van der Waals surface area contributed by atoms with Crippen LogP contribution in [0.25, 0.3) is 11.3 Å². The van der Waals surface area contributed by atoms with Crippen molar-refractivity contribution in [3.63, 3.8) is 0 Å². The van der Waals surface area contributed by atoms with E-state index < -0.39 is 18.2 Å². The number of imidazole rings is 1. The predicted molar refractivity (Wildman–Crippen MR) is 149 cm³/mol. The van der Waals surface area contributed by atoms with Gasteiger partial charge in [-0.25, -0.2) is 14.6 Å². The van der Waals surface area contributed by atoms with E-state index in [2.05, 4.69) is 25.7 Å². The largest absolute Gasteiger partial charge is 0.453 e. The third-order valence-electron chi connectivity index (χ3n) is 5.73. The number of nitrogen functional groups attached to an aromatic ring is 1. The van der Waals surface area contributed by atoms with Gasteiger partial charge < -0.3 is 26.1 Å². The molecule has 196 valence electrons. The molecular formula is C27H26Cl2N6O3. The molecule has 0 aliphatic carbocycles. The van der Waals surface area contributed by atoms with Crippen molar-refractivity contribution in [2.45, 2.75) is 19.0 Å². The highest BCUT2D eigenvalue weighted by Gasteiger charge is 2.22. The first-order chi connectivity index (χ1) is 18.3. The van der Waals surface area contributed by atoms with Gasteiger partial charge in [0.15, 0.2) is 0 Å². The maximum atomic E-state index is 12.9. The number of amides is 3. The average molecular weight is 553 g/mol. The molecule has 0 saturated heterocycles. The molecule has 38 heavy (non-hydrogen) atoms. The number of nitrogens with two attached hydrogens (primary N) is 1. The van der Waals surface area contributed by atoms with Crippen molar-refractivity contribution in [3.8, 4) is 11.3 Å². The highest BCUT2D eigenvalue weighted by atomic mass is 35.5. The van der Waals surface area contributed by atoms with E-state index in [0.29, 0.717) is 45.1 Å². The van der Waals surface area contributed by atoms with E-state index in [9.17, 15) is 9.59 Å². The lowest BCUT2D eigenvalue weighted by atomic mass is 10.1. The van der Waals surface area contributed by atoms with Gasteiger partial charge in [0.1, 0.15) is 16.7 Å². The summed E-state index contributed by atoms with van der Waals surface area (Å²) in [6.07, 6.45) is -0.0947. The lowest BCUT2D eigenvalue weighted by Crippen LogP contribution is -2.39. The Balaban J connectivity index is 1.53. The zero-order valence-electron chi connectivity index (χ0n) is 20.4. The smallest absolute Gasteiger partial charge is 0.411 e. The Morgan fingerprint density at radius 2 is 1.79 bits per heavy atom. The molecule has 4 aromatic rings. The summed E-state index contributed by atoms with van der Waals surface area (Å²) < 4.78 is 4.61. The maximum absolute atomic E-state index is 12.9. The fraction of sp³-hybridized carbons (Fsp3) is 0.148. The van der Waals surface area contributed by atoms with Gasteiger partial charge in [-0.15, -0.1) is 0 Å². The van der Waals surface area contributed by atoms with Crippen molar-refractivity contribution in [3.05, 3.63) is 99.9 Å². The van der Waals surface area contributed by atoms with E-state index in [1.165, 1.54) is 7.11 Å². The molecule has 6 N–H and O–H groups in total. The Kier molecular flexibility index (Phi) is 8.73. The molecule has 0 spiro atoms. The number of anilines is 2. The van der Waals surface area contributed by atoms with Crippen molar-refractivity contribution in [1.82, 2.24) is 20.6 Å². The monoisotopic (exact) mass is 552 g/mol. The SMILES string of the molecule is COC(=O)Nc1ccc(-c2nc([C@H](Cc3ccccc3)NC(=O)NCc3cc(Cl)ccc3N)[nH]c2Cl)cc1. The topological polar surface area (TPSA) is 134 Å². The van der Waals surface area contributed by atoms with Crippen LogP contribution in [0.1, 0.15) is 23.0 Å². The minimum absolute atomic E-state index is 0.201. The molecule has 0 radical (unpaired) electrons. The van der Waals surface area contributed by atoms with E-state index in [1.54, 1.807) is 42.5 Å². The summed E-state index contributed by atoms with van der Waals surface area (Å²) in [5.74, 6) is 0.489. The van der Waals surface area contributed by atoms with Crippen molar-refractivity contribution < 1.29 is 14.3 Å². The van der Waals surface area contributed by atoms with Crippen molar-refractivity contribution >= 4 is 46.7 Å². The van der Waals surface area contributed by atoms with Gasteiger partial charge in [0.25, 0.3) is 0 Å². The predicted octanol–water partition coefficient (Wildman–Crippen LogP) is 5.93. The molecule has 4 rings (SSSR count). The summed E-state index contributed by atoms with van der Waals surface area (Å²) >= 11 is 12.6. The van der Waals surface area contributed by atoms with Gasteiger partial charge in [-0.1, -0.05) is 65.7 Å². The van der Waals surface area contributed by atoms with Gasteiger partial charge in [-0.05, 0) is 47.9 Å². The van der Waals surface area contributed by atoms with Crippen LogP contribution < -0.4 is 21.7 Å². The van der Waals surface area contributed by atoms with Gasteiger partial charge in [0, 0.05) is 28.5 Å². The Morgan fingerprint density at radius 3 is 2.50 bits per heavy atom. The van der Waals surface area contributed by atoms with Crippen molar-refractivity contribution in [2.75, 3.05) is 18.2 Å². The number of rotatable bonds is 8. The molecule has 1 aromatic heterocycles. The Morgan fingerprint density at radius 1 is 1.05 bits per heavy atom. The molecule has 0 fully saturated rings. The molecule has 9 nitrogen and oxygen atoms in total. The number of urea groups is 1. The van der Waals surface area contributed by atoms with Crippen LogP contribution in [0.4, 0.5) is 21.0 Å². The molecular weight excluding hydrogens is 527 g/mol. The Hall–Kier alpha value is -4.21. The zero-order valence-corrected chi connectivity index (χ0v) is 21.9. The Bertz CT molecular complexity index is 1410. The van der Waals surface area contributed by atoms with Crippen LogP contribution in [0.15, 0.2) is 72.8 Å². The number of carbonyl (C=O) groups is 2. The van der Waals surface area contributed by atoms with E-state index in [0.717, 1.165) is 11.1 Å². The van der Waals surface area contributed by atoms with Crippen LogP contribution in [0.2, 0.25) is 10.2 Å². The number of aromatic amines is 1. The van der Waals surface area contributed by atoms with Crippen LogP contribution in [-0.2, 0) is 17.7 Å². The summed E-state index contributed by atoms with van der Waals surface area (Å²) in [7, 11) is 1.29. The minimum atomic E-state index is -0.566. The third-order valence-corrected chi connectivity index (χ3v) is 6.24. The van der Waals surface area contributed by atoms with Gasteiger partial charge >= 0.3 is 12.1 Å². The zero-order chi connectivity index (χ0) is 27.1. The van der Waals surface area contributed by atoms with E-state index >= 15 is 0 Å². The number of methoxy groups -OCH3 is 1. The normalized spacial score (nSPS) is 11.4. The molecule has 1 atom stereocenters. The second-order valence-corrected chi connectivity index (χ2v) is 9.21. The average Bonchev–Trinajstić information content (AvgIpc) is 3.31. The van der Waals surface area contributed by atoms with Crippen LogP contribution in [0, 0.1) is 0 Å². The Labute approximate surface area is 229 Å². The molecule has 0 bridgehead atoms. The molecule has 0 aliphatic heterocycles. The lowest BCUT2D eigenvalue weighted by Gasteiger charge is -2.18. The van der Waals surface area contributed by atoms with Gasteiger partial charge in [0.2, 0.25) is 0 Å². The van der Waals surface area contributed by atoms with E-state index in [4.69, 9.17) is 33.9 Å². The molecule has 3 amide bonds. The fourth-order valence-corrected chi connectivity index (χ4v) is 4.23. The number of ether oxygens (including phenoxy) is 1. The number of aromatic nitrogens is 2. The van der Waals surface area contributed by atoms with Crippen LogP contribution >= 0.6 is 23.2 Å². The number of halogens is 2. The minimum Gasteiger partial charge on any atom is -0.453 e. The molecule has 0 aliphatic rings. The quantitative estimate of drug-likeness (QED) is 0.173. The summed E-state index contributed by atoms with van der Waals surface area (Å²) in [5.41, 5.74) is 10.0. The highest BCUT2D eigenvalue weighted by Crippen LogP contribution is 2.29. The fourth-order valence-electron chi connectivity index (χ4n) is 3.78. The number of hydrogen-bond acceptors (Lipinski definition) is 5. The second kappa shape index (κ2) is 12.4. The maximum Gasteiger partial charge on any atom is 0.411 e. The van der Waals surface area contributed by atoms with Crippen molar-refractivity contribution in [1.29, 1.82) is 0 Å². The lowest BCUT2D eigenvalue weighted by molar-refractivity contribution is 0.187. The molecule has 3 aromatic carbocycles. The molecule has 0 saturated carbocycles.